The van der Waals surface area contributed by atoms with Crippen molar-refractivity contribution < 1.29 is 0 Å². The maximum Gasteiger partial charge on any atom is 0.0555 e. The molecule has 1 saturated carbocycles. The van der Waals surface area contributed by atoms with E-state index in [-0.39, 0.29) is 0 Å². The number of piperidine rings is 1. The monoisotopic (exact) mass is 302 g/mol. The van der Waals surface area contributed by atoms with Crippen LogP contribution >= 0.6 is 11.3 Å². The van der Waals surface area contributed by atoms with Gasteiger partial charge in [0.2, 0.25) is 0 Å². The van der Waals surface area contributed by atoms with E-state index in [1.807, 2.05) is 11.3 Å². The number of hydrogen-bond donors (Lipinski definition) is 1. The molecule has 0 bridgehead atoms. The predicted octanol–water partition coefficient (Wildman–Crippen LogP) is 3.60. The number of thiophene rings is 1. The van der Waals surface area contributed by atoms with Crippen molar-refractivity contribution in [3.05, 3.63) is 21.9 Å². The highest BCUT2D eigenvalue weighted by Crippen LogP contribution is 2.44. The van der Waals surface area contributed by atoms with Gasteiger partial charge in [-0.15, -0.1) is 11.3 Å². The minimum absolute atomic E-state index is 0.444. The molecule has 3 rings (SSSR count). The Kier molecular flexibility index (Phi) is 5.00. The van der Waals surface area contributed by atoms with Gasteiger partial charge < -0.3 is 5.73 Å². The maximum atomic E-state index is 5.42. The number of hydrogen-bond acceptors (Lipinski definition) is 3. The van der Waals surface area contributed by atoms with Gasteiger partial charge in [0.1, 0.15) is 0 Å². The van der Waals surface area contributed by atoms with Gasteiger partial charge in [-0.25, -0.2) is 0 Å². The van der Waals surface area contributed by atoms with Crippen molar-refractivity contribution in [2.75, 3.05) is 19.6 Å². The average molecular weight is 302 g/mol. The highest BCUT2D eigenvalue weighted by Gasteiger charge is 2.35. The largest absolute Gasteiger partial charge is 0.320 e. The summed E-state index contributed by atoms with van der Waals surface area (Å²) in [4.78, 5) is 4.07. The standard InChI is InChI=1S/C18H26N2S/c19-10-4-5-16-13-17(21-15-16)14-20-11-8-18(9-12-20)6-2-1-3-7-18/h13,15H,1-3,6-12,14,19H2. The molecule has 1 aromatic rings. The first kappa shape index (κ1) is 15.1. The van der Waals surface area contributed by atoms with Gasteiger partial charge in [0.05, 0.1) is 6.54 Å². The lowest BCUT2D eigenvalue weighted by atomic mass is 9.68. The molecule has 1 aromatic heterocycles. The van der Waals surface area contributed by atoms with E-state index in [1.54, 1.807) is 0 Å². The fourth-order valence-corrected chi connectivity index (χ4v) is 4.75. The molecule has 2 nitrogen and oxygen atoms in total. The van der Waals surface area contributed by atoms with Crippen molar-refractivity contribution >= 4 is 11.3 Å². The van der Waals surface area contributed by atoms with Gasteiger partial charge in [-0.2, -0.15) is 0 Å². The van der Waals surface area contributed by atoms with Crippen LogP contribution in [0.3, 0.4) is 0 Å². The summed E-state index contributed by atoms with van der Waals surface area (Å²) in [6.07, 6.45) is 10.2. The van der Waals surface area contributed by atoms with Crippen LogP contribution in [0.4, 0.5) is 0 Å². The van der Waals surface area contributed by atoms with Gasteiger partial charge in [-0.1, -0.05) is 31.1 Å². The molecule has 0 unspecified atom stereocenters. The summed E-state index contributed by atoms with van der Waals surface area (Å²) in [6.45, 7) is 4.11. The molecule has 2 fully saturated rings. The summed E-state index contributed by atoms with van der Waals surface area (Å²) in [5, 5.41) is 2.16. The summed E-state index contributed by atoms with van der Waals surface area (Å²) in [5.41, 5.74) is 7.26. The third-order valence-electron chi connectivity index (χ3n) is 5.20. The quantitative estimate of drug-likeness (QED) is 0.846. The molecule has 0 radical (unpaired) electrons. The SMILES string of the molecule is NCC#Cc1csc(CN2CCC3(CCCCC3)CC2)c1. The van der Waals surface area contributed by atoms with E-state index in [0.717, 1.165) is 12.1 Å². The number of rotatable bonds is 2. The highest BCUT2D eigenvalue weighted by atomic mass is 32.1. The van der Waals surface area contributed by atoms with E-state index < -0.39 is 0 Å². The van der Waals surface area contributed by atoms with Gasteiger partial charge in [0.15, 0.2) is 0 Å². The number of nitrogens with two attached hydrogens (primary N) is 1. The van der Waals surface area contributed by atoms with E-state index in [9.17, 15) is 0 Å². The fourth-order valence-electron chi connectivity index (χ4n) is 3.89. The van der Waals surface area contributed by atoms with Crippen molar-refractivity contribution in [2.45, 2.75) is 51.5 Å². The Morgan fingerprint density at radius 1 is 1.14 bits per heavy atom. The summed E-state index contributed by atoms with van der Waals surface area (Å²) in [7, 11) is 0. The zero-order valence-corrected chi connectivity index (χ0v) is 13.7. The van der Waals surface area contributed by atoms with Crippen LogP contribution in [0.1, 0.15) is 55.4 Å². The zero-order valence-electron chi connectivity index (χ0n) is 12.9. The average Bonchev–Trinajstić information content (AvgIpc) is 2.96. The van der Waals surface area contributed by atoms with Crippen LogP contribution in [-0.4, -0.2) is 24.5 Å². The van der Waals surface area contributed by atoms with Crippen LogP contribution in [0, 0.1) is 17.3 Å². The van der Waals surface area contributed by atoms with E-state index in [1.165, 1.54) is 62.9 Å². The fraction of sp³-hybridized carbons (Fsp3) is 0.667. The molecule has 0 atom stereocenters. The van der Waals surface area contributed by atoms with Crippen molar-refractivity contribution in [3.63, 3.8) is 0 Å². The van der Waals surface area contributed by atoms with Gasteiger partial charge in [-0.3, -0.25) is 4.90 Å². The first-order valence-electron chi connectivity index (χ1n) is 8.28. The second kappa shape index (κ2) is 6.96. The van der Waals surface area contributed by atoms with Gasteiger partial charge >= 0.3 is 0 Å². The Balaban J connectivity index is 1.52. The van der Waals surface area contributed by atoms with E-state index in [4.69, 9.17) is 5.73 Å². The smallest absolute Gasteiger partial charge is 0.0555 e. The Labute approximate surface area is 132 Å². The van der Waals surface area contributed by atoms with Crippen LogP contribution in [0.2, 0.25) is 0 Å². The van der Waals surface area contributed by atoms with Crippen molar-refractivity contribution in [1.29, 1.82) is 0 Å². The molecule has 0 amide bonds. The summed E-state index contributed by atoms with van der Waals surface area (Å²) in [5.74, 6) is 6.06. The molecule has 114 valence electrons. The van der Waals surface area contributed by atoms with E-state index in [2.05, 4.69) is 28.2 Å². The van der Waals surface area contributed by atoms with Crippen LogP contribution in [0.25, 0.3) is 0 Å². The van der Waals surface area contributed by atoms with Crippen LogP contribution < -0.4 is 5.73 Å². The lowest BCUT2D eigenvalue weighted by Gasteiger charge is -2.44. The lowest BCUT2D eigenvalue weighted by Crippen LogP contribution is -2.40. The molecule has 1 aliphatic carbocycles. The molecule has 1 saturated heterocycles. The maximum absolute atomic E-state index is 5.42. The molecular weight excluding hydrogens is 276 g/mol. The number of likely N-dealkylation sites (tertiary alicyclic amines) is 1. The summed E-state index contributed by atoms with van der Waals surface area (Å²) in [6, 6.07) is 2.23. The molecule has 21 heavy (non-hydrogen) atoms. The predicted molar refractivity (Wildman–Crippen MR) is 90.3 cm³/mol. The molecule has 0 aromatic carbocycles. The van der Waals surface area contributed by atoms with Crippen molar-refractivity contribution in [3.8, 4) is 11.8 Å². The molecule has 2 aliphatic rings. The van der Waals surface area contributed by atoms with Crippen molar-refractivity contribution in [1.82, 2.24) is 4.90 Å². The highest BCUT2D eigenvalue weighted by molar-refractivity contribution is 7.10. The van der Waals surface area contributed by atoms with Gasteiger partial charge in [0, 0.05) is 22.4 Å². The second-order valence-electron chi connectivity index (χ2n) is 6.64. The minimum atomic E-state index is 0.444. The molecule has 1 spiro atoms. The van der Waals surface area contributed by atoms with Crippen molar-refractivity contribution in [2.24, 2.45) is 11.1 Å². The molecule has 3 heteroatoms. The summed E-state index contributed by atoms with van der Waals surface area (Å²) < 4.78 is 0. The Hall–Kier alpha value is -0.820. The zero-order chi connectivity index (χ0) is 14.5. The molecule has 2 heterocycles. The molecule has 2 N–H and O–H groups in total. The number of nitrogens with zero attached hydrogens (tertiary/aromatic N) is 1. The van der Waals surface area contributed by atoms with Crippen LogP contribution in [-0.2, 0) is 6.54 Å². The Morgan fingerprint density at radius 3 is 2.62 bits per heavy atom. The molecule has 1 aliphatic heterocycles. The Bertz CT molecular complexity index is 507. The third kappa shape index (κ3) is 3.88. The first-order valence-corrected chi connectivity index (χ1v) is 9.16. The third-order valence-corrected chi connectivity index (χ3v) is 6.12. The summed E-state index contributed by atoms with van der Waals surface area (Å²) >= 11 is 1.84. The second-order valence-corrected chi connectivity index (χ2v) is 7.64. The van der Waals surface area contributed by atoms with Crippen LogP contribution in [0.15, 0.2) is 11.4 Å². The van der Waals surface area contributed by atoms with E-state index >= 15 is 0 Å². The minimum Gasteiger partial charge on any atom is -0.320 e. The van der Waals surface area contributed by atoms with Crippen LogP contribution in [0.5, 0.6) is 0 Å². The first-order chi connectivity index (χ1) is 10.3. The van der Waals surface area contributed by atoms with Gasteiger partial charge in [-0.05, 0) is 50.3 Å². The topological polar surface area (TPSA) is 29.3 Å². The Morgan fingerprint density at radius 2 is 1.90 bits per heavy atom. The van der Waals surface area contributed by atoms with Gasteiger partial charge in [0.25, 0.3) is 0 Å². The lowest BCUT2D eigenvalue weighted by molar-refractivity contribution is 0.0646. The normalized spacial score (nSPS) is 22.0. The van der Waals surface area contributed by atoms with E-state index in [0.29, 0.717) is 12.0 Å². The molecular formula is C18H26N2S.